The van der Waals surface area contributed by atoms with Crippen LogP contribution in [0.5, 0.6) is 0 Å². The normalized spacial score (nSPS) is 13.5. The van der Waals surface area contributed by atoms with Crippen LogP contribution in [0.1, 0.15) is 26.3 Å². The minimum atomic E-state index is -0.633. The van der Waals surface area contributed by atoms with Crippen molar-refractivity contribution >= 4 is 39.8 Å². The third-order valence-corrected chi connectivity index (χ3v) is 3.97. The van der Waals surface area contributed by atoms with Crippen LogP contribution >= 0.6 is 15.9 Å². The lowest BCUT2D eigenvalue weighted by Crippen LogP contribution is -2.32. The largest absolute Gasteiger partial charge is 0.441 e. The van der Waals surface area contributed by atoms with Crippen LogP contribution in [-0.4, -0.2) is 29.4 Å². The van der Waals surface area contributed by atoms with Crippen LogP contribution in [0, 0.1) is 0 Å². The van der Waals surface area contributed by atoms with Crippen molar-refractivity contribution in [2.75, 3.05) is 6.73 Å². The zero-order chi connectivity index (χ0) is 17.1. The smallest absolute Gasteiger partial charge is 0.332 e. The predicted octanol–water partition coefficient (Wildman–Crippen LogP) is 3.26. The third kappa shape index (κ3) is 3.28. The van der Waals surface area contributed by atoms with Crippen LogP contribution in [0.2, 0.25) is 0 Å². The molecule has 0 saturated carbocycles. The molecule has 2 aromatic carbocycles. The van der Waals surface area contributed by atoms with E-state index in [4.69, 9.17) is 4.74 Å². The summed E-state index contributed by atoms with van der Waals surface area (Å²) in [5, 5.41) is 0. The Bertz CT molecular complexity index is 825. The molecule has 1 aliphatic heterocycles. The van der Waals surface area contributed by atoms with E-state index >= 15 is 0 Å². The first-order valence-corrected chi connectivity index (χ1v) is 7.91. The zero-order valence-corrected chi connectivity index (χ0v) is 14.0. The minimum absolute atomic E-state index is 0.322. The molecule has 1 aliphatic rings. The number of fused-ring (bicyclic) bond motifs is 1. The summed E-state index contributed by atoms with van der Waals surface area (Å²) >= 11 is 3.34. The number of rotatable bonds is 4. The second-order valence-electron chi connectivity index (χ2n) is 5.06. The molecule has 0 radical (unpaired) electrons. The van der Waals surface area contributed by atoms with Crippen LogP contribution in [0.15, 0.2) is 59.1 Å². The fourth-order valence-electron chi connectivity index (χ4n) is 2.31. The van der Waals surface area contributed by atoms with E-state index in [-0.39, 0.29) is 0 Å². The Morgan fingerprint density at radius 3 is 2.33 bits per heavy atom. The molecular formula is C18H12BrNO4. The van der Waals surface area contributed by atoms with Crippen LogP contribution < -0.4 is 0 Å². The lowest BCUT2D eigenvalue weighted by molar-refractivity contribution is -0.140. The van der Waals surface area contributed by atoms with Crippen LogP contribution in [0.3, 0.4) is 0 Å². The molecule has 3 rings (SSSR count). The van der Waals surface area contributed by atoms with Gasteiger partial charge in [-0.25, -0.2) is 9.69 Å². The maximum absolute atomic E-state index is 12.1. The summed E-state index contributed by atoms with van der Waals surface area (Å²) in [5.41, 5.74) is 1.47. The number of imide groups is 1. The van der Waals surface area contributed by atoms with Crippen molar-refractivity contribution in [3.05, 3.63) is 75.8 Å². The van der Waals surface area contributed by atoms with Gasteiger partial charge >= 0.3 is 5.97 Å². The number of carbonyl (C=O) groups excluding carboxylic acids is 3. The van der Waals surface area contributed by atoms with Gasteiger partial charge in [0.1, 0.15) is 0 Å². The maximum Gasteiger partial charge on any atom is 0.332 e. The van der Waals surface area contributed by atoms with Gasteiger partial charge in [0.2, 0.25) is 0 Å². The Balaban J connectivity index is 1.61. The molecule has 0 spiro atoms. The molecule has 0 N–H and O–H groups in total. The fourth-order valence-corrected chi connectivity index (χ4v) is 2.72. The molecule has 120 valence electrons. The highest BCUT2D eigenvalue weighted by atomic mass is 79.9. The van der Waals surface area contributed by atoms with Crippen LogP contribution in [-0.2, 0) is 9.53 Å². The SMILES string of the molecule is O=C(/C=C/c1cccc(Br)c1)OCN1C(=O)c2ccccc2C1=O. The average Bonchev–Trinajstić information content (AvgIpc) is 2.83. The molecule has 2 aromatic rings. The van der Waals surface area contributed by atoms with Crippen molar-refractivity contribution in [3.63, 3.8) is 0 Å². The van der Waals surface area contributed by atoms with Gasteiger partial charge in [-0.1, -0.05) is 40.2 Å². The molecule has 0 aromatic heterocycles. The van der Waals surface area contributed by atoms with Gasteiger partial charge in [0, 0.05) is 10.5 Å². The molecule has 0 fully saturated rings. The van der Waals surface area contributed by atoms with Gasteiger partial charge in [-0.2, -0.15) is 0 Å². The van der Waals surface area contributed by atoms with Crippen molar-refractivity contribution in [2.24, 2.45) is 0 Å². The fraction of sp³-hybridized carbons (Fsp3) is 0.0556. The number of ether oxygens (including phenoxy) is 1. The number of amides is 2. The highest BCUT2D eigenvalue weighted by molar-refractivity contribution is 9.10. The van der Waals surface area contributed by atoms with Crippen molar-refractivity contribution in [1.82, 2.24) is 4.90 Å². The molecule has 0 unspecified atom stereocenters. The van der Waals surface area contributed by atoms with Crippen molar-refractivity contribution in [2.45, 2.75) is 0 Å². The van der Waals surface area contributed by atoms with Gasteiger partial charge in [-0.3, -0.25) is 9.59 Å². The van der Waals surface area contributed by atoms with Crippen molar-refractivity contribution in [3.8, 4) is 0 Å². The molecule has 5 nitrogen and oxygen atoms in total. The minimum Gasteiger partial charge on any atom is -0.441 e. The van der Waals surface area contributed by atoms with Gasteiger partial charge in [0.05, 0.1) is 11.1 Å². The number of benzene rings is 2. The molecule has 24 heavy (non-hydrogen) atoms. The van der Waals surface area contributed by atoms with E-state index in [2.05, 4.69) is 15.9 Å². The van der Waals surface area contributed by atoms with E-state index in [9.17, 15) is 14.4 Å². The topological polar surface area (TPSA) is 63.7 Å². The molecule has 0 atom stereocenters. The van der Waals surface area contributed by atoms with E-state index in [1.54, 1.807) is 30.3 Å². The molecule has 1 heterocycles. The first-order chi connectivity index (χ1) is 11.6. The summed E-state index contributed by atoms with van der Waals surface area (Å²) in [4.78, 5) is 36.9. The van der Waals surface area contributed by atoms with Gasteiger partial charge in [0.15, 0.2) is 6.73 Å². The van der Waals surface area contributed by atoms with Crippen molar-refractivity contribution in [1.29, 1.82) is 0 Å². The molecule has 6 heteroatoms. The van der Waals surface area contributed by atoms with Gasteiger partial charge < -0.3 is 4.74 Å². The number of nitrogens with zero attached hydrogens (tertiary/aromatic N) is 1. The Hall–Kier alpha value is -2.73. The first-order valence-electron chi connectivity index (χ1n) is 7.12. The number of carbonyl (C=O) groups is 3. The van der Waals surface area contributed by atoms with Gasteiger partial charge in [0.25, 0.3) is 11.8 Å². The van der Waals surface area contributed by atoms with E-state index in [1.165, 1.54) is 6.08 Å². The van der Waals surface area contributed by atoms with Crippen LogP contribution in [0.25, 0.3) is 6.08 Å². The summed E-state index contributed by atoms with van der Waals surface area (Å²) in [6, 6.07) is 13.9. The predicted molar refractivity (Wildman–Crippen MR) is 91.1 cm³/mol. The Labute approximate surface area is 146 Å². The summed E-state index contributed by atoms with van der Waals surface area (Å²) in [6.07, 6.45) is 2.84. The second kappa shape index (κ2) is 6.80. The van der Waals surface area contributed by atoms with Crippen LogP contribution in [0.4, 0.5) is 0 Å². The second-order valence-corrected chi connectivity index (χ2v) is 5.98. The Kier molecular flexibility index (Phi) is 4.57. The first kappa shape index (κ1) is 16.1. The molecule has 0 aliphatic carbocycles. The summed E-state index contributed by atoms with van der Waals surface area (Å²) in [7, 11) is 0. The number of hydrogen-bond acceptors (Lipinski definition) is 4. The maximum atomic E-state index is 12.1. The van der Waals surface area contributed by atoms with E-state index in [0.717, 1.165) is 14.9 Å². The highest BCUT2D eigenvalue weighted by Gasteiger charge is 2.35. The highest BCUT2D eigenvalue weighted by Crippen LogP contribution is 2.22. The zero-order valence-electron chi connectivity index (χ0n) is 12.4. The standard InChI is InChI=1S/C18H12BrNO4/c19-13-5-3-4-12(10-13)8-9-16(21)24-11-20-17(22)14-6-1-2-7-15(14)18(20)23/h1-10H,11H2/b9-8+. The molecular weight excluding hydrogens is 374 g/mol. The third-order valence-electron chi connectivity index (χ3n) is 3.47. The summed E-state index contributed by atoms with van der Waals surface area (Å²) in [6.45, 7) is -0.409. The average molecular weight is 386 g/mol. The lowest BCUT2D eigenvalue weighted by atomic mass is 10.1. The summed E-state index contributed by atoms with van der Waals surface area (Å²) < 4.78 is 5.89. The monoisotopic (exact) mass is 385 g/mol. The van der Waals surface area contributed by atoms with E-state index in [0.29, 0.717) is 11.1 Å². The van der Waals surface area contributed by atoms with Gasteiger partial charge in [-0.05, 0) is 35.9 Å². The van der Waals surface area contributed by atoms with Crippen molar-refractivity contribution < 1.29 is 19.1 Å². The molecule has 0 saturated heterocycles. The lowest BCUT2D eigenvalue weighted by Gasteiger charge is -2.12. The number of hydrogen-bond donors (Lipinski definition) is 0. The quantitative estimate of drug-likeness (QED) is 0.460. The Morgan fingerprint density at radius 2 is 1.71 bits per heavy atom. The number of halogens is 1. The Morgan fingerprint density at radius 1 is 1.04 bits per heavy atom. The summed E-state index contributed by atoms with van der Waals surface area (Å²) in [5.74, 6) is -1.55. The molecule has 2 amide bonds. The van der Waals surface area contributed by atoms with Gasteiger partial charge in [-0.15, -0.1) is 0 Å². The number of esters is 1. The van der Waals surface area contributed by atoms with E-state index < -0.39 is 24.5 Å². The molecule has 0 bridgehead atoms. The van der Waals surface area contributed by atoms with E-state index in [1.807, 2.05) is 24.3 Å².